The molecule has 14 rings (SSSR count). The van der Waals surface area contributed by atoms with Crippen molar-refractivity contribution < 1.29 is 0 Å². The number of aromatic nitrogens is 1. The fourth-order valence-corrected chi connectivity index (χ4v) is 12.5. The fraction of sp³-hybridized carbons (Fsp3) is 0.0294. The van der Waals surface area contributed by atoms with Crippen molar-refractivity contribution in [2.75, 3.05) is 4.90 Å². The highest BCUT2D eigenvalue weighted by Gasteiger charge is 2.48. The molecule has 328 valence electrons. The summed E-state index contributed by atoms with van der Waals surface area (Å²) in [5.41, 5.74) is 20.8. The summed E-state index contributed by atoms with van der Waals surface area (Å²) >= 11 is 0. The van der Waals surface area contributed by atoms with Gasteiger partial charge in [0.15, 0.2) is 0 Å². The Labute approximate surface area is 408 Å². The summed E-state index contributed by atoms with van der Waals surface area (Å²) in [6.07, 6.45) is 0. The van der Waals surface area contributed by atoms with E-state index in [1.165, 1.54) is 88.6 Å². The van der Waals surface area contributed by atoms with Crippen LogP contribution in [0.2, 0.25) is 0 Å². The average Bonchev–Trinajstić information content (AvgIpc) is 4.05. The molecule has 12 aromatic rings. The van der Waals surface area contributed by atoms with Crippen molar-refractivity contribution in [2.24, 2.45) is 0 Å². The molecule has 0 spiro atoms. The van der Waals surface area contributed by atoms with Gasteiger partial charge in [0.1, 0.15) is 0 Å². The molecule has 0 atom stereocenters. The molecule has 2 aliphatic rings. The Bertz CT molecular complexity index is 3610. The number of anilines is 3. The summed E-state index contributed by atoms with van der Waals surface area (Å²) < 4.78 is 2.40. The second-order valence-electron chi connectivity index (χ2n) is 18.7. The van der Waals surface area contributed by atoms with Crippen molar-refractivity contribution in [3.05, 3.63) is 324 Å². The van der Waals surface area contributed by atoms with Crippen molar-refractivity contribution >= 4 is 38.9 Å². The van der Waals surface area contributed by atoms with Crippen LogP contribution in [-0.2, 0) is 10.8 Å². The summed E-state index contributed by atoms with van der Waals surface area (Å²) in [5, 5.41) is 2.51. The second kappa shape index (κ2) is 15.8. The zero-order valence-electron chi connectivity index (χ0n) is 38.5. The van der Waals surface area contributed by atoms with Gasteiger partial charge in [-0.1, -0.05) is 218 Å². The lowest BCUT2D eigenvalue weighted by atomic mass is 9.67. The zero-order chi connectivity index (χ0) is 46.2. The molecule has 0 amide bonds. The number of rotatable bonds is 8. The third-order valence-corrected chi connectivity index (χ3v) is 15.3. The molecule has 0 aliphatic heterocycles. The predicted molar refractivity (Wildman–Crippen MR) is 290 cm³/mol. The molecule has 1 heterocycles. The van der Waals surface area contributed by atoms with E-state index in [-0.39, 0.29) is 0 Å². The van der Waals surface area contributed by atoms with Crippen LogP contribution >= 0.6 is 0 Å². The highest BCUT2D eigenvalue weighted by Crippen LogP contribution is 2.59. The van der Waals surface area contributed by atoms with Crippen molar-refractivity contribution in [2.45, 2.75) is 10.8 Å². The molecule has 11 aromatic carbocycles. The highest BCUT2D eigenvalue weighted by atomic mass is 15.1. The Kier molecular flexibility index (Phi) is 9.06. The summed E-state index contributed by atoms with van der Waals surface area (Å²) in [6.45, 7) is 0. The lowest BCUT2D eigenvalue weighted by Gasteiger charge is -2.36. The molecule has 0 unspecified atom stereocenters. The first-order valence-electron chi connectivity index (χ1n) is 24.3. The van der Waals surface area contributed by atoms with E-state index in [0.717, 1.165) is 22.7 Å². The maximum Gasteiger partial charge on any atom is 0.0714 e. The smallest absolute Gasteiger partial charge is 0.0714 e. The van der Waals surface area contributed by atoms with Crippen LogP contribution in [0.3, 0.4) is 0 Å². The molecule has 0 saturated carbocycles. The first kappa shape index (κ1) is 40.1. The van der Waals surface area contributed by atoms with Crippen molar-refractivity contribution in [1.82, 2.24) is 4.57 Å². The summed E-state index contributed by atoms with van der Waals surface area (Å²) in [5.74, 6) is 0. The van der Waals surface area contributed by atoms with Gasteiger partial charge in [-0.3, -0.25) is 0 Å². The second-order valence-corrected chi connectivity index (χ2v) is 18.7. The fourth-order valence-electron chi connectivity index (χ4n) is 12.5. The van der Waals surface area contributed by atoms with Crippen LogP contribution in [-0.4, -0.2) is 4.57 Å². The van der Waals surface area contributed by atoms with E-state index in [9.17, 15) is 0 Å². The van der Waals surface area contributed by atoms with Gasteiger partial charge in [-0.2, -0.15) is 0 Å². The highest BCUT2D eigenvalue weighted by molar-refractivity contribution is 6.09. The molecule has 2 nitrogen and oxygen atoms in total. The van der Waals surface area contributed by atoms with Crippen molar-refractivity contribution in [3.8, 4) is 27.9 Å². The molecule has 70 heavy (non-hydrogen) atoms. The molecular weight excluding hydrogens is 845 g/mol. The number of hydrogen-bond donors (Lipinski definition) is 0. The third-order valence-electron chi connectivity index (χ3n) is 15.3. The normalized spacial score (nSPS) is 13.7. The van der Waals surface area contributed by atoms with Gasteiger partial charge < -0.3 is 9.47 Å². The quantitative estimate of drug-likeness (QED) is 0.148. The van der Waals surface area contributed by atoms with Gasteiger partial charge in [-0.05, 0) is 127 Å². The molecule has 0 bridgehead atoms. The molecule has 0 N–H and O–H groups in total. The Morgan fingerprint density at radius 1 is 0.257 bits per heavy atom. The lowest BCUT2D eigenvalue weighted by molar-refractivity contribution is 0.767. The topological polar surface area (TPSA) is 8.17 Å². The van der Waals surface area contributed by atoms with Gasteiger partial charge in [-0.25, -0.2) is 0 Å². The number of nitrogens with zero attached hydrogens (tertiary/aromatic N) is 2. The predicted octanol–water partition coefficient (Wildman–Crippen LogP) is 17.0. The maximum atomic E-state index is 2.49. The minimum absolute atomic E-state index is 0.550. The van der Waals surface area contributed by atoms with Crippen LogP contribution in [0.1, 0.15) is 44.5 Å². The Morgan fingerprint density at radius 2 is 0.586 bits per heavy atom. The van der Waals surface area contributed by atoms with E-state index in [0.29, 0.717) is 0 Å². The van der Waals surface area contributed by atoms with E-state index >= 15 is 0 Å². The van der Waals surface area contributed by atoms with Gasteiger partial charge in [0.2, 0.25) is 0 Å². The molecule has 2 heteroatoms. The van der Waals surface area contributed by atoms with Crippen molar-refractivity contribution in [3.63, 3.8) is 0 Å². The molecule has 2 aliphatic carbocycles. The number of para-hydroxylation sites is 2. The third kappa shape index (κ3) is 5.68. The van der Waals surface area contributed by atoms with E-state index in [1.807, 2.05) is 0 Å². The minimum Gasteiger partial charge on any atom is -0.310 e. The standard InChI is InChI=1S/C68H46N2/c1-5-21-47(22-6-1)67(48-23-7-2-8-24-48)61-33-17-13-29-55(61)57-43-41-53(45-63(57)67)69(51-37-39-52(40-38-51)70-65-35-19-15-31-59(65)60-32-16-20-36-66(60)70)54-42-44-58-56-30-14-18-34-62(56)68(64(58)46-54,49-25-9-3-10-26-49)50-27-11-4-12-28-50/h1-46H. The van der Waals surface area contributed by atoms with E-state index in [1.54, 1.807) is 0 Å². The van der Waals surface area contributed by atoms with Crippen molar-refractivity contribution in [1.29, 1.82) is 0 Å². The molecule has 0 radical (unpaired) electrons. The first-order chi connectivity index (χ1) is 34.7. The van der Waals surface area contributed by atoms with Gasteiger partial charge in [0.05, 0.1) is 21.9 Å². The number of benzene rings is 11. The lowest BCUT2D eigenvalue weighted by Crippen LogP contribution is -2.29. The minimum atomic E-state index is -0.550. The molecular formula is C68H46N2. The first-order valence-corrected chi connectivity index (χ1v) is 24.3. The van der Waals surface area contributed by atoms with E-state index in [4.69, 9.17) is 0 Å². The van der Waals surface area contributed by atoms with Gasteiger partial charge in [0.25, 0.3) is 0 Å². The van der Waals surface area contributed by atoms with E-state index in [2.05, 4.69) is 289 Å². The van der Waals surface area contributed by atoms with E-state index < -0.39 is 10.8 Å². The maximum absolute atomic E-state index is 2.49. The van der Waals surface area contributed by atoms with Crippen LogP contribution in [0.15, 0.2) is 279 Å². The van der Waals surface area contributed by atoms with Gasteiger partial charge in [0, 0.05) is 33.5 Å². The SMILES string of the molecule is c1ccc(C2(c3ccccc3)c3ccccc3-c3ccc(N(c4ccc(-n5c6ccccc6c6ccccc65)cc4)c4ccc5c(c4)C(c4ccccc4)(c4ccccc4)c4ccccc4-5)cc32)cc1. The Morgan fingerprint density at radius 3 is 1.00 bits per heavy atom. The number of fused-ring (bicyclic) bond motifs is 9. The van der Waals surface area contributed by atoms with Crippen LogP contribution in [0.4, 0.5) is 17.1 Å². The van der Waals surface area contributed by atoms with Crippen LogP contribution in [0, 0.1) is 0 Å². The molecule has 1 aromatic heterocycles. The van der Waals surface area contributed by atoms with Gasteiger partial charge in [-0.15, -0.1) is 0 Å². The van der Waals surface area contributed by atoms with Crippen LogP contribution < -0.4 is 4.90 Å². The summed E-state index contributed by atoms with van der Waals surface area (Å²) in [6, 6.07) is 104. The monoisotopic (exact) mass is 890 g/mol. The largest absolute Gasteiger partial charge is 0.310 e. The molecule has 0 fully saturated rings. The molecule has 0 saturated heterocycles. The van der Waals surface area contributed by atoms with Gasteiger partial charge >= 0.3 is 0 Å². The zero-order valence-corrected chi connectivity index (χ0v) is 38.5. The van der Waals surface area contributed by atoms with Crippen LogP contribution in [0.25, 0.3) is 49.7 Å². The average molecular weight is 891 g/mol. The Balaban J connectivity index is 1.03. The van der Waals surface area contributed by atoms with Crippen LogP contribution in [0.5, 0.6) is 0 Å². The summed E-state index contributed by atoms with van der Waals surface area (Å²) in [4.78, 5) is 2.49. The Hall–Kier alpha value is -8.98. The number of hydrogen-bond acceptors (Lipinski definition) is 1. The summed E-state index contributed by atoms with van der Waals surface area (Å²) in [7, 11) is 0.